The number of ether oxygens (including phenoxy) is 3. The highest BCUT2D eigenvalue weighted by atomic mass is 35.5. The van der Waals surface area contributed by atoms with Gasteiger partial charge in [-0.2, -0.15) is 8.78 Å². The van der Waals surface area contributed by atoms with E-state index in [2.05, 4.69) is 6.92 Å². The third kappa shape index (κ3) is 6.31. The van der Waals surface area contributed by atoms with Crippen LogP contribution in [0.2, 0.25) is 5.02 Å². The molecule has 3 fully saturated rings. The van der Waals surface area contributed by atoms with E-state index in [0.29, 0.717) is 37.9 Å². The van der Waals surface area contributed by atoms with Crippen LogP contribution in [0.15, 0.2) is 36.4 Å². The molecule has 0 spiro atoms. The Bertz CT molecular complexity index is 1090. The Hall–Kier alpha value is -1.83. The second kappa shape index (κ2) is 11.7. The van der Waals surface area contributed by atoms with E-state index in [9.17, 15) is 8.78 Å². The van der Waals surface area contributed by atoms with Gasteiger partial charge in [0.1, 0.15) is 17.4 Å². The van der Waals surface area contributed by atoms with Gasteiger partial charge in [-0.3, -0.25) is 0 Å². The van der Waals surface area contributed by atoms with Gasteiger partial charge in [-0.25, -0.2) is 8.78 Å². The molecule has 5 rings (SSSR count). The maximum absolute atomic E-state index is 15.0. The molecule has 0 N–H and O–H groups in total. The first-order valence-electron chi connectivity index (χ1n) is 13.7. The van der Waals surface area contributed by atoms with Crippen LogP contribution >= 0.6 is 11.6 Å². The molecule has 2 aliphatic carbocycles. The lowest BCUT2D eigenvalue weighted by Crippen LogP contribution is -2.43. The van der Waals surface area contributed by atoms with Crippen molar-refractivity contribution in [3.8, 4) is 16.9 Å². The minimum atomic E-state index is -3.44. The lowest BCUT2D eigenvalue weighted by atomic mass is 9.76. The molecule has 0 amide bonds. The van der Waals surface area contributed by atoms with Crippen LogP contribution < -0.4 is 4.74 Å². The fraction of sp³-hybridized carbons (Fsp3) is 0.600. The highest BCUT2D eigenvalue weighted by Gasteiger charge is 2.46. The van der Waals surface area contributed by atoms with E-state index < -0.39 is 23.7 Å². The van der Waals surface area contributed by atoms with Crippen LogP contribution in [0.1, 0.15) is 58.3 Å². The predicted octanol–water partition coefficient (Wildman–Crippen LogP) is 8.88. The first kappa shape index (κ1) is 27.7. The molecule has 0 atom stereocenters. The van der Waals surface area contributed by atoms with Crippen LogP contribution in [-0.2, 0) is 9.47 Å². The Morgan fingerprint density at radius 3 is 2.08 bits per heavy atom. The molecule has 3 aliphatic rings. The molecule has 8 heteroatoms. The molecule has 1 heterocycles. The molecule has 0 bridgehead atoms. The second-order valence-electron chi connectivity index (χ2n) is 11.4. The summed E-state index contributed by atoms with van der Waals surface area (Å²) >= 11 is 5.69. The van der Waals surface area contributed by atoms with Crippen LogP contribution in [0.3, 0.4) is 0 Å². The third-order valence-corrected chi connectivity index (χ3v) is 9.04. The molecule has 1 aliphatic heterocycles. The van der Waals surface area contributed by atoms with E-state index in [1.807, 2.05) is 0 Å². The molecular formula is C30H35ClF4O3. The first-order chi connectivity index (χ1) is 18.2. The summed E-state index contributed by atoms with van der Waals surface area (Å²) in [4.78, 5) is 0. The van der Waals surface area contributed by atoms with E-state index in [0.717, 1.165) is 18.1 Å². The predicted molar refractivity (Wildman–Crippen MR) is 138 cm³/mol. The molecule has 208 valence electrons. The quantitative estimate of drug-likeness (QED) is 0.334. The molecule has 0 aromatic heterocycles. The van der Waals surface area contributed by atoms with Crippen molar-refractivity contribution in [2.75, 3.05) is 13.2 Å². The standard InChI is InChI=1S/C30H35ClF4O3/c1-18-2-4-19(5-3-18)22-16-36-29(37-17-22)20-6-9-23(10-7-20)30(34,35)38-24-11-12-25(27(32)15-24)21-8-13-26(31)28(33)14-21/h8,11-15,18-20,22-23,29H,2-7,9-10,16-17H2,1H3. The Balaban J connectivity index is 1.12. The number of halogens is 5. The van der Waals surface area contributed by atoms with E-state index in [1.54, 1.807) is 0 Å². The van der Waals surface area contributed by atoms with Crippen LogP contribution in [0, 0.1) is 41.2 Å². The van der Waals surface area contributed by atoms with Gasteiger partial charge >= 0.3 is 6.11 Å². The van der Waals surface area contributed by atoms with Gasteiger partial charge in [0.15, 0.2) is 6.29 Å². The van der Waals surface area contributed by atoms with Crippen molar-refractivity contribution in [3.63, 3.8) is 0 Å². The second-order valence-corrected chi connectivity index (χ2v) is 11.8. The summed E-state index contributed by atoms with van der Waals surface area (Å²) < 4.78 is 75.7. The summed E-state index contributed by atoms with van der Waals surface area (Å²) in [6, 6.07) is 7.38. The van der Waals surface area contributed by atoms with Gasteiger partial charge in [-0.15, -0.1) is 0 Å². The zero-order valence-electron chi connectivity index (χ0n) is 21.6. The number of benzene rings is 2. The minimum absolute atomic E-state index is 0.0736. The summed E-state index contributed by atoms with van der Waals surface area (Å²) in [6.45, 7) is 3.69. The van der Waals surface area contributed by atoms with Crippen LogP contribution in [0.25, 0.3) is 11.1 Å². The Morgan fingerprint density at radius 1 is 0.789 bits per heavy atom. The van der Waals surface area contributed by atoms with Crippen molar-refractivity contribution in [1.82, 2.24) is 0 Å². The van der Waals surface area contributed by atoms with Gasteiger partial charge < -0.3 is 14.2 Å². The largest absolute Gasteiger partial charge is 0.432 e. The molecule has 38 heavy (non-hydrogen) atoms. The summed E-state index contributed by atoms with van der Waals surface area (Å²) in [7, 11) is 0. The number of rotatable bonds is 6. The fourth-order valence-corrected chi connectivity index (χ4v) is 6.38. The summed E-state index contributed by atoms with van der Waals surface area (Å²) in [5.74, 6) is -0.734. The zero-order chi connectivity index (χ0) is 26.9. The lowest BCUT2D eigenvalue weighted by Gasteiger charge is -2.41. The highest BCUT2D eigenvalue weighted by Crippen LogP contribution is 2.43. The lowest BCUT2D eigenvalue weighted by molar-refractivity contribution is -0.251. The summed E-state index contributed by atoms with van der Waals surface area (Å²) in [6.07, 6.45) is 2.90. The SMILES string of the molecule is CC1CCC(C2COC(C3CCC(C(F)(F)Oc4ccc(-c5ccc(Cl)c(F)c5)c(F)c4)CC3)OC2)CC1. The Labute approximate surface area is 226 Å². The molecule has 2 saturated carbocycles. The maximum atomic E-state index is 15.0. The molecule has 2 aromatic carbocycles. The van der Waals surface area contributed by atoms with Gasteiger partial charge in [0, 0.05) is 23.5 Å². The molecular weight excluding hydrogens is 520 g/mol. The number of hydrogen-bond donors (Lipinski definition) is 0. The van der Waals surface area contributed by atoms with E-state index in [4.69, 9.17) is 25.8 Å². The van der Waals surface area contributed by atoms with Crippen molar-refractivity contribution < 1.29 is 31.8 Å². The zero-order valence-corrected chi connectivity index (χ0v) is 22.4. The van der Waals surface area contributed by atoms with Gasteiger partial charge in [0.05, 0.1) is 24.2 Å². The third-order valence-electron chi connectivity index (χ3n) is 8.73. The highest BCUT2D eigenvalue weighted by molar-refractivity contribution is 6.30. The normalized spacial score (nSPS) is 30.7. The van der Waals surface area contributed by atoms with Crippen molar-refractivity contribution in [1.29, 1.82) is 0 Å². The average Bonchev–Trinajstić information content (AvgIpc) is 2.91. The smallest absolute Gasteiger partial charge is 0.400 e. The maximum Gasteiger partial charge on any atom is 0.400 e. The van der Waals surface area contributed by atoms with E-state index in [1.165, 1.54) is 49.9 Å². The monoisotopic (exact) mass is 554 g/mol. The molecule has 0 radical (unpaired) electrons. The van der Waals surface area contributed by atoms with E-state index >= 15 is 8.78 Å². The molecule has 3 nitrogen and oxygen atoms in total. The molecule has 1 saturated heterocycles. The minimum Gasteiger partial charge on any atom is -0.432 e. The summed E-state index contributed by atoms with van der Waals surface area (Å²) in [5.41, 5.74) is 0.331. The van der Waals surface area contributed by atoms with Gasteiger partial charge in [-0.1, -0.05) is 37.4 Å². The van der Waals surface area contributed by atoms with Crippen molar-refractivity contribution >= 4 is 11.6 Å². The van der Waals surface area contributed by atoms with Crippen molar-refractivity contribution in [2.24, 2.45) is 29.6 Å². The molecule has 2 aromatic rings. The first-order valence-corrected chi connectivity index (χ1v) is 14.1. The Morgan fingerprint density at radius 2 is 1.45 bits per heavy atom. The van der Waals surface area contributed by atoms with Crippen molar-refractivity contribution in [3.05, 3.63) is 53.1 Å². The van der Waals surface area contributed by atoms with Crippen LogP contribution in [0.5, 0.6) is 5.75 Å². The van der Waals surface area contributed by atoms with Gasteiger partial charge in [0.2, 0.25) is 0 Å². The van der Waals surface area contributed by atoms with Crippen LogP contribution in [0.4, 0.5) is 17.6 Å². The van der Waals surface area contributed by atoms with Crippen LogP contribution in [-0.4, -0.2) is 25.6 Å². The summed E-state index contributed by atoms with van der Waals surface area (Å²) in [5, 5.41) is -0.0802. The Kier molecular flexibility index (Phi) is 8.56. The van der Waals surface area contributed by atoms with Crippen molar-refractivity contribution in [2.45, 2.75) is 70.7 Å². The number of alkyl halides is 2. The average molecular weight is 555 g/mol. The fourth-order valence-electron chi connectivity index (χ4n) is 6.26. The van der Waals surface area contributed by atoms with E-state index in [-0.39, 0.29) is 46.9 Å². The molecule has 0 unspecified atom stereocenters. The topological polar surface area (TPSA) is 27.7 Å². The van der Waals surface area contributed by atoms with Gasteiger partial charge in [0.25, 0.3) is 0 Å². The van der Waals surface area contributed by atoms with Gasteiger partial charge in [-0.05, 0) is 80.2 Å². The number of hydrogen-bond acceptors (Lipinski definition) is 3.